The SMILES string of the molecule is Cc1c(F)cccc1N=C(N)C1CCCCC1. The second-order valence-electron chi connectivity index (χ2n) is 4.76. The minimum absolute atomic E-state index is 0.220. The van der Waals surface area contributed by atoms with Crippen molar-refractivity contribution in [1.82, 2.24) is 0 Å². The Balaban J connectivity index is 2.19. The van der Waals surface area contributed by atoms with Crippen molar-refractivity contribution in [3.63, 3.8) is 0 Å². The zero-order valence-corrected chi connectivity index (χ0v) is 10.2. The van der Waals surface area contributed by atoms with Gasteiger partial charge < -0.3 is 5.73 Å². The number of rotatable bonds is 2. The first-order valence-electron chi connectivity index (χ1n) is 6.27. The second-order valence-corrected chi connectivity index (χ2v) is 4.76. The van der Waals surface area contributed by atoms with Gasteiger partial charge in [-0.25, -0.2) is 9.38 Å². The molecule has 0 aliphatic heterocycles. The third-order valence-corrected chi connectivity index (χ3v) is 3.51. The third-order valence-electron chi connectivity index (χ3n) is 3.51. The van der Waals surface area contributed by atoms with Crippen molar-refractivity contribution in [3.8, 4) is 0 Å². The van der Waals surface area contributed by atoms with Crippen molar-refractivity contribution < 1.29 is 4.39 Å². The molecule has 1 aromatic rings. The molecule has 0 aromatic heterocycles. The highest BCUT2D eigenvalue weighted by Gasteiger charge is 2.17. The maximum absolute atomic E-state index is 13.4. The van der Waals surface area contributed by atoms with Gasteiger partial charge in [0.15, 0.2) is 0 Å². The van der Waals surface area contributed by atoms with E-state index in [2.05, 4.69) is 4.99 Å². The molecule has 0 atom stereocenters. The predicted molar refractivity (Wildman–Crippen MR) is 69.0 cm³/mol. The smallest absolute Gasteiger partial charge is 0.128 e. The molecule has 0 spiro atoms. The standard InChI is InChI=1S/C14H19FN2/c1-10-12(15)8-5-9-13(10)17-14(16)11-6-3-2-4-7-11/h5,8-9,11H,2-4,6-7H2,1H3,(H2,16,17). The molecule has 0 heterocycles. The molecule has 0 unspecified atom stereocenters. The van der Waals surface area contributed by atoms with Crippen LogP contribution >= 0.6 is 0 Å². The molecule has 3 heteroatoms. The lowest BCUT2D eigenvalue weighted by molar-refractivity contribution is 0.437. The van der Waals surface area contributed by atoms with E-state index < -0.39 is 0 Å². The molecule has 17 heavy (non-hydrogen) atoms. The van der Waals surface area contributed by atoms with Crippen LogP contribution in [0.15, 0.2) is 23.2 Å². The van der Waals surface area contributed by atoms with E-state index in [-0.39, 0.29) is 5.82 Å². The van der Waals surface area contributed by atoms with Crippen LogP contribution in [-0.2, 0) is 0 Å². The molecular weight excluding hydrogens is 215 g/mol. The summed E-state index contributed by atoms with van der Waals surface area (Å²) >= 11 is 0. The number of nitrogens with zero attached hydrogens (tertiary/aromatic N) is 1. The Morgan fingerprint density at radius 1 is 1.29 bits per heavy atom. The molecule has 1 saturated carbocycles. The highest BCUT2D eigenvalue weighted by Crippen LogP contribution is 2.26. The van der Waals surface area contributed by atoms with E-state index in [4.69, 9.17) is 5.73 Å². The van der Waals surface area contributed by atoms with E-state index >= 15 is 0 Å². The van der Waals surface area contributed by atoms with Crippen LogP contribution < -0.4 is 5.73 Å². The predicted octanol–water partition coefficient (Wildman–Crippen LogP) is 3.70. The summed E-state index contributed by atoms with van der Waals surface area (Å²) in [4.78, 5) is 4.40. The molecule has 0 amide bonds. The van der Waals surface area contributed by atoms with Gasteiger partial charge in [-0.3, -0.25) is 0 Å². The van der Waals surface area contributed by atoms with Crippen molar-refractivity contribution in [2.24, 2.45) is 16.6 Å². The normalized spacial score (nSPS) is 18.4. The quantitative estimate of drug-likeness (QED) is 0.615. The second kappa shape index (κ2) is 5.30. The third kappa shape index (κ3) is 2.84. The Morgan fingerprint density at radius 2 is 2.00 bits per heavy atom. The molecule has 2 nitrogen and oxygen atoms in total. The van der Waals surface area contributed by atoms with Crippen molar-refractivity contribution in [2.45, 2.75) is 39.0 Å². The molecule has 1 aromatic carbocycles. The Kier molecular flexibility index (Phi) is 3.77. The van der Waals surface area contributed by atoms with Gasteiger partial charge in [-0.1, -0.05) is 25.3 Å². The first-order valence-corrected chi connectivity index (χ1v) is 6.27. The topological polar surface area (TPSA) is 38.4 Å². The van der Waals surface area contributed by atoms with Crippen molar-refractivity contribution in [1.29, 1.82) is 0 Å². The fourth-order valence-corrected chi connectivity index (χ4v) is 2.35. The van der Waals surface area contributed by atoms with E-state index in [1.54, 1.807) is 13.0 Å². The molecule has 1 aliphatic carbocycles. The Hall–Kier alpha value is -1.38. The van der Waals surface area contributed by atoms with Crippen molar-refractivity contribution >= 4 is 11.5 Å². The average Bonchev–Trinajstić information content (AvgIpc) is 2.36. The van der Waals surface area contributed by atoms with Crippen LogP contribution in [0.2, 0.25) is 0 Å². The van der Waals surface area contributed by atoms with Gasteiger partial charge >= 0.3 is 0 Å². The molecule has 2 rings (SSSR count). The monoisotopic (exact) mass is 234 g/mol. The van der Waals surface area contributed by atoms with Gasteiger partial charge in [0.1, 0.15) is 11.7 Å². The lowest BCUT2D eigenvalue weighted by Gasteiger charge is -2.21. The first kappa shape index (κ1) is 12.1. The number of hydrogen-bond acceptors (Lipinski definition) is 1. The van der Waals surface area contributed by atoms with Crippen LogP contribution in [-0.4, -0.2) is 5.84 Å². The van der Waals surface area contributed by atoms with Crippen molar-refractivity contribution in [3.05, 3.63) is 29.6 Å². The Labute approximate surface area is 102 Å². The summed E-state index contributed by atoms with van der Waals surface area (Å²) < 4.78 is 13.4. The molecule has 92 valence electrons. The van der Waals surface area contributed by atoms with Gasteiger partial charge in [-0.15, -0.1) is 0 Å². The minimum atomic E-state index is -0.220. The molecular formula is C14H19FN2. The summed E-state index contributed by atoms with van der Waals surface area (Å²) in [5.41, 5.74) is 7.26. The van der Waals surface area contributed by atoms with Gasteiger partial charge in [0.2, 0.25) is 0 Å². The number of halogens is 1. The highest BCUT2D eigenvalue weighted by atomic mass is 19.1. The van der Waals surface area contributed by atoms with Crippen LogP contribution in [0.5, 0.6) is 0 Å². The van der Waals surface area contributed by atoms with E-state index in [9.17, 15) is 4.39 Å². The zero-order valence-electron chi connectivity index (χ0n) is 10.2. The molecule has 0 saturated heterocycles. The van der Waals surface area contributed by atoms with E-state index in [1.807, 2.05) is 6.07 Å². The molecule has 1 fully saturated rings. The maximum Gasteiger partial charge on any atom is 0.128 e. The minimum Gasteiger partial charge on any atom is -0.387 e. The number of nitrogens with two attached hydrogens (primary N) is 1. The van der Waals surface area contributed by atoms with Crippen LogP contribution in [0.4, 0.5) is 10.1 Å². The maximum atomic E-state index is 13.4. The van der Waals surface area contributed by atoms with E-state index in [0.29, 0.717) is 23.0 Å². The fourth-order valence-electron chi connectivity index (χ4n) is 2.35. The van der Waals surface area contributed by atoms with Crippen LogP contribution in [0.25, 0.3) is 0 Å². The van der Waals surface area contributed by atoms with E-state index in [0.717, 1.165) is 12.8 Å². The van der Waals surface area contributed by atoms with Gasteiger partial charge in [-0.05, 0) is 31.9 Å². The lowest BCUT2D eigenvalue weighted by atomic mass is 9.88. The summed E-state index contributed by atoms with van der Waals surface area (Å²) in [5.74, 6) is 0.826. The number of benzene rings is 1. The van der Waals surface area contributed by atoms with Gasteiger partial charge in [0, 0.05) is 11.5 Å². The summed E-state index contributed by atoms with van der Waals surface area (Å²) in [5, 5.41) is 0. The number of aliphatic imine (C=N–C) groups is 1. The van der Waals surface area contributed by atoms with Crippen LogP contribution in [0, 0.1) is 18.7 Å². The van der Waals surface area contributed by atoms with Crippen molar-refractivity contribution in [2.75, 3.05) is 0 Å². The highest BCUT2D eigenvalue weighted by molar-refractivity contribution is 5.85. The van der Waals surface area contributed by atoms with Gasteiger partial charge in [-0.2, -0.15) is 0 Å². The molecule has 1 aliphatic rings. The summed E-state index contributed by atoms with van der Waals surface area (Å²) in [7, 11) is 0. The van der Waals surface area contributed by atoms with Crippen LogP contribution in [0.1, 0.15) is 37.7 Å². The van der Waals surface area contributed by atoms with Gasteiger partial charge in [0.25, 0.3) is 0 Å². The lowest BCUT2D eigenvalue weighted by Crippen LogP contribution is -2.25. The first-order chi connectivity index (χ1) is 8.18. The van der Waals surface area contributed by atoms with Crippen LogP contribution in [0.3, 0.4) is 0 Å². The molecule has 0 radical (unpaired) electrons. The number of amidine groups is 1. The Morgan fingerprint density at radius 3 is 2.71 bits per heavy atom. The number of hydrogen-bond donors (Lipinski definition) is 1. The summed E-state index contributed by atoms with van der Waals surface area (Å²) in [6, 6.07) is 4.94. The Bertz CT molecular complexity index is 420. The molecule has 0 bridgehead atoms. The fraction of sp³-hybridized carbons (Fsp3) is 0.500. The average molecular weight is 234 g/mol. The molecule has 2 N–H and O–H groups in total. The zero-order chi connectivity index (χ0) is 12.3. The largest absolute Gasteiger partial charge is 0.387 e. The summed E-state index contributed by atoms with van der Waals surface area (Å²) in [6.45, 7) is 1.74. The van der Waals surface area contributed by atoms with Gasteiger partial charge in [0.05, 0.1) is 5.69 Å². The van der Waals surface area contributed by atoms with E-state index in [1.165, 1.54) is 25.3 Å². The summed E-state index contributed by atoms with van der Waals surface area (Å²) in [6.07, 6.45) is 5.97.